The Hall–Kier alpha value is -3.55. The van der Waals surface area contributed by atoms with Gasteiger partial charge in [-0.05, 0) is 36.8 Å². The standard InChI is InChI=1S/C23H19ClF5N5O3/c1-12(35)21-30-20(31-34(21)17-8-15(25)6-7-16(17)26)11-32-9-18(13-2-4-14(24)5-3-13)33(22(32)37)10-19(36)23(27,28)29/h2-9,12,19,35-36H,10-11H2,1H3. The van der Waals surface area contributed by atoms with Crippen LogP contribution in [0.15, 0.2) is 53.5 Å². The molecule has 0 fully saturated rings. The number of alkyl halides is 3. The summed E-state index contributed by atoms with van der Waals surface area (Å²) in [6.07, 6.45) is -7.81. The number of hydrogen-bond acceptors (Lipinski definition) is 5. The maximum Gasteiger partial charge on any atom is 0.416 e. The van der Waals surface area contributed by atoms with Gasteiger partial charge in [0, 0.05) is 17.3 Å². The minimum Gasteiger partial charge on any atom is -0.385 e. The number of nitrogens with zero attached hydrogens (tertiary/aromatic N) is 5. The van der Waals surface area contributed by atoms with Gasteiger partial charge >= 0.3 is 11.9 Å². The average molecular weight is 544 g/mol. The molecular formula is C23H19ClF5N5O3. The topological polar surface area (TPSA) is 98.1 Å². The Morgan fingerprint density at radius 3 is 2.38 bits per heavy atom. The van der Waals surface area contributed by atoms with E-state index in [1.165, 1.54) is 37.4 Å². The van der Waals surface area contributed by atoms with Gasteiger partial charge in [-0.15, -0.1) is 5.10 Å². The smallest absolute Gasteiger partial charge is 0.385 e. The summed E-state index contributed by atoms with van der Waals surface area (Å²) in [5.74, 6) is -1.89. The number of imidazole rings is 1. The highest BCUT2D eigenvalue weighted by Gasteiger charge is 2.39. The van der Waals surface area contributed by atoms with Crippen LogP contribution in [0, 0.1) is 11.6 Å². The Morgan fingerprint density at radius 2 is 1.76 bits per heavy atom. The van der Waals surface area contributed by atoms with E-state index in [1.54, 1.807) is 0 Å². The van der Waals surface area contributed by atoms with Crippen molar-refractivity contribution in [3.63, 3.8) is 0 Å². The Bertz CT molecular complexity index is 1480. The van der Waals surface area contributed by atoms with Crippen LogP contribution < -0.4 is 5.69 Å². The molecule has 2 unspecified atom stereocenters. The molecule has 14 heteroatoms. The zero-order chi connectivity index (χ0) is 27.1. The van der Waals surface area contributed by atoms with Crippen molar-refractivity contribution in [2.45, 2.75) is 38.4 Å². The van der Waals surface area contributed by atoms with E-state index in [4.69, 9.17) is 11.6 Å². The van der Waals surface area contributed by atoms with Gasteiger partial charge in [0.25, 0.3) is 0 Å². The predicted molar refractivity (Wildman–Crippen MR) is 122 cm³/mol. The van der Waals surface area contributed by atoms with Gasteiger partial charge < -0.3 is 10.2 Å². The lowest BCUT2D eigenvalue weighted by Crippen LogP contribution is -2.37. The molecule has 37 heavy (non-hydrogen) atoms. The molecule has 2 atom stereocenters. The SMILES string of the molecule is CC(O)c1nc(Cn2cc(-c3ccc(Cl)cc3)n(CC(O)C(F)(F)F)c2=O)nn1-c1cc(F)ccc1F. The Kier molecular flexibility index (Phi) is 7.22. The second kappa shape index (κ2) is 10.1. The Balaban J connectivity index is 1.79. The molecule has 0 aliphatic rings. The number of aliphatic hydroxyl groups is 2. The van der Waals surface area contributed by atoms with Crippen molar-refractivity contribution in [2.24, 2.45) is 0 Å². The average Bonchev–Trinajstić information content (AvgIpc) is 3.38. The fourth-order valence-electron chi connectivity index (χ4n) is 3.63. The van der Waals surface area contributed by atoms with Crippen LogP contribution >= 0.6 is 11.6 Å². The molecule has 196 valence electrons. The van der Waals surface area contributed by atoms with Crippen molar-refractivity contribution in [1.29, 1.82) is 0 Å². The molecule has 0 saturated carbocycles. The molecule has 0 aliphatic heterocycles. The van der Waals surface area contributed by atoms with Gasteiger partial charge in [0.2, 0.25) is 0 Å². The van der Waals surface area contributed by atoms with Crippen LogP contribution in [0.2, 0.25) is 5.02 Å². The Labute approximate surface area is 210 Å². The summed E-state index contributed by atoms with van der Waals surface area (Å²) in [5, 5.41) is 24.2. The van der Waals surface area contributed by atoms with Crippen molar-refractivity contribution < 1.29 is 32.2 Å². The Morgan fingerprint density at radius 1 is 1.08 bits per heavy atom. The largest absolute Gasteiger partial charge is 0.416 e. The third-order valence-electron chi connectivity index (χ3n) is 5.42. The molecule has 8 nitrogen and oxygen atoms in total. The molecule has 0 saturated heterocycles. The summed E-state index contributed by atoms with van der Waals surface area (Å²) in [4.78, 5) is 17.2. The maximum absolute atomic E-state index is 14.4. The van der Waals surface area contributed by atoms with E-state index in [0.29, 0.717) is 10.6 Å². The number of rotatable bonds is 7. The summed E-state index contributed by atoms with van der Waals surface area (Å²) in [6, 6.07) is 8.55. The third-order valence-corrected chi connectivity index (χ3v) is 5.67. The van der Waals surface area contributed by atoms with E-state index in [-0.39, 0.29) is 23.0 Å². The summed E-state index contributed by atoms with van der Waals surface area (Å²) in [6.45, 7) is -0.151. The van der Waals surface area contributed by atoms with E-state index >= 15 is 0 Å². The van der Waals surface area contributed by atoms with Gasteiger partial charge in [0.05, 0.1) is 18.8 Å². The van der Waals surface area contributed by atoms with Crippen LogP contribution in [0.1, 0.15) is 24.7 Å². The number of halogens is 6. The van der Waals surface area contributed by atoms with Gasteiger partial charge in [-0.1, -0.05) is 23.7 Å². The highest BCUT2D eigenvalue weighted by molar-refractivity contribution is 6.30. The van der Waals surface area contributed by atoms with E-state index < -0.39 is 48.8 Å². The first-order chi connectivity index (χ1) is 17.3. The highest BCUT2D eigenvalue weighted by atomic mass is 35.5. The van der Waals surface area contributed by atoms with Gasteiger partial charge in [-0.2, -0.15) is 13.2 Å². The zero-order valence-electron chi connectivity index (χ0n) is 19.0. The quantitative estimate of drug-likeness (QED) is 0.345. The maximum atomic E-state index is 14.4. The molecule has 0 radical (unpaired) electrons. The molecule has 4 rings (SSSR count). The molecule has 2 aromatic heterocycles. The van der Waals surface area contributed by atoms with Crippen molar-refractivity contribution in [1.82, 2.24) is 23.9 Å². The van der Waals surface area contributed by atoms with E-state index in [2.05, 4.69) is 10.1 Å². The number of benzene rings is 2. The molecule has 0 amide bonds. The van der Waals surface area contributed by atoms with Crippen molar-refractivity contribution in [3.8, 4) is 16.9 Å². The van der Waals surface area contributed by atoms with E-state index in [9.17, 15) is 37.0 Å². The minimum atomic E-state index is -4.97. The second-order valence-corrected chi connectivity index (χ2v) is 8.61. The summed E-state index contributed by atoms with van der Waals surface area (Å²) in [7, 11) is 0. The number of aliphatic hydroxyl groups excluding tert-OH is 2. The van der Waals surface area contributed by atoms with Gasteiger partial charge in [-0.25, -0.2) is 23.2 Å². The second-order valence-electron chi connectivity index (χ2n) is 8.17. The molecule has 0 spiro atoms. The van der Waals surface area contributed by atoms with E-state index in [0.717, 1.165) is 32.0 Å². The summed E-state index contributed by atoms with van der Waals surface area (Å²) >= 11 is 5.89. The fourth-order valence-corrected chi connectivity index (χ4v) is 3.76. The van der Waals surface area contributed by atoms with Crippen molar-refractivity contribution in [3.05, 3.63) is 87.5 Å². The third kappa shape index (κ3) is 5.58. The number of aromatic nitrogens is 5. The molecule has 2 heterocycles. The zero-order valence-corrected chi connectivity index (χ0v) is 19.8. The first-order valence-electron chi connectivity index (χ1n) is 10.7. The van der Waals surface area contributed by atoms with Crippen LogP contribution in [-0.4, -0.2) is 46.4 Å². The predicted octanol–water partition coefficient (Wildman–Crippen LogP) is 3.85. The van der Waals surface area contributed by atoms with Gasteiger partial charge in [0.15, 0.2) is 17.8 Å². The van der Waals surface area contributed by atoms with Crippen LogP contribution in [0.5, 0.6) is 0 Å². The lowest BCUT2D eigenvalue weighted by molar-refractivity contribution is -0.207. The molecule has 0 aliphatic carbocycles. The first kappa shape index (κ1) is 26.5. The van der Waals surface area contributed by atoms with Crippen molar-refractivity contribution in [2.75, 3.05) is 0 Å². The van der Waals surface area contributed by atoms with Gasteiger partial charge in [-0.3, -0.25) is 9.13 Å². The van der Waals surface area contributed by atoms with Crippen LogP contribution in [-0.2, 0) is 13.1 Å². The molecule has 2 aromatic carbocycles. The fraction of sp³-hybridized carbons (Fsp3) is 0.261. The van der Waals surface area contributed by atoms with Crippen molar-refractivity contribution >= 4 is 11.6 Å². The lowest BCUT2D eigenvalue weighted by atomic mass is 10.1. The lowest BCUT2D eigenvalue weighted by Gasteiger charge is -2.16. The first-order valence-corrected chi connectivity index (χ1v) is 11.1. The normalized spacial score (nSPS) is 13.6. The summed E-state index contributed by atoms with van der Waals surface area (Å²) in [5.41, 5.74) is -0.856. The molecular weight excluding hydrogens is 525 g/mol. The minimum absolute atomic E-state index is 0.0522. The molecule has 2 N–H and O–H groups in total. The van der Waals surface area contributed by atoms with Crippen LogP contribution in [0.3, 0.4) is 0 Å². The molecule has 4 aromatic rings. The summed E-state index contributed by atoms with van der Waals surface area (Å²) < 4.78 is 69.9. The number of hydrogen-bond donors (Lipinski definition) is 2. The van der Waals surface area contributed by atoms with Gasteiger partial charge in [0.1, 0.15) is 23.4 Å². The molecule has 0 bridgehead atoms. The van der Waals surface area contributed by atoms with Crippen LogP contribution in [0.25, 0.3) is 16.9 Å². The van der Waals surface area contributed by atoms with E-state index in [1.807, 2.05) is 0 Å². The monoisotopic (exact) mass is 543 g/mol. The van der Waals surface area contributed by atoms with Crippen LogP contribution in [0.4, 0.5) is 22.0 Å². The highest BCUT2D eigenvalue weighted by Crippen LogP contribution is 2.26.